The van der Waals surface area contributed by atoms with Crippen molar-refractivity contribution in [1.29, 1.82) is 0 Å². The molecule has 3 fully saturated rings. The van der Waals surface area contributed by atoms with Gasteiger partial charge in [-0.25, -0.2) is 39.9 Å². The van der Waals surface area contributed by atoms with E-state index in [-0.39, 0.29) is 49.6 Å². The predicted molar refractivity (Wildman–Crippen MR) is 461 cm³/mol. The zero-order chi connectivity index (χ0) is 83.6. The summed E-state index contributed by atoms with van der Waals surface area (Å²) in [5.41, 5.74) is 13.9. The third-order valence-corrected chi connectivity index (χ3v) is 23.0. The highest BCUT2D eigenvalue weighted by atomic mass is 32.1. The first kappa shape index (κ1) is 82.1. The van der Waals surface area contributed by atoms with E-state index in [1.54, 1.807) is 84.6 Å². The molecule has 0 radical (unpaired) electrons. The highest BCUT2D eigenvalue weighted by Crippen LogP contribution is 2.34. The van der Waals surface area contributed by atoms with Crippen LogP contribution in [0.15, 0.2) is 153 Å². The van der Waals surface area contributed by atoms with Crippen LogP contribution in [0.1, 0.15) is 99.0 Å². The van der Waals surface area contributed by atoms with E-state index in [0.29, 0.717) is 40.1 Å². The fourth-order valence-electron chi connectivity index (χ4n) is 15.3. The van der Waals surface area contributed by atoms with Crippen molar-refractivity contribution in [2.24, 2.45) is 17.8 Å². The van der Waals surface area contributed by atoms with Gasteiger partial charge in [0, 0.05) is 105 Å². The number of halogens is 2. The molecule has 3 aliphatic rings. The van der Waals surface area contributed by atoms with Crippen molar-refractivity contribution >= 4 is 119 Å². The lowest BCUT2D eigenvalue weighted by atomic mass is 10.0. The smallest absolute Gasteiger partial charge is 0.247 e. The number of aliphatic hydroxyl groups excluding tert-OH is 1. The standard InChI is InChI=1S/C29H33N9O2S.2C27H29FN10OS/c1-19-5-4-8-36(13-19)16-24-10-27(41-35-24)34-28-29-30-12-25(38(29)14-20(2)32-28)22-11-31-37(15-22)17-26(40)33-23-7-3-6-21(9-23)18-39;1-17-5-4-8-36(12-17)15-20-9-25(40-35-20)34-26-27-29-11-21(38(27)13-18(2)31-26)19-10-30-37(14-19)16-24(39)33-23-7-3-6-22(28)32-23;1-17-5-4-8-36(12-17)15-20-9-24(40-35-20)34-26-27-30-11-22(38(27)13-18(2)32-26)19-10-31-37(14-19)16-23(39)33-21-6-3-7-29-25(21)28/h3,6-7,9-12,14-15,19,39H,4-5,8,13,16-18H2,1-2H3,(H,32,34)(H,33,40);3,6-7,9-11,13-14,17H,4-5,8,12,15-16H2,1-2H3,(H,31,34)(H,32,33,39);3,6-7,9-11,13-14,17H,4-5,8,12,15-16H2,1-2H3,(H,32,34)(H,33,39). The van der Waals surface area contributed by atoms with Crippen LogP contribution in [0.5, 0.6) is 0 Å². The van der Waals surface area contributed by atoms with E-state index in [9.17, 15) is 28.3 Å². The number of aryl methyl sites for hydroxylation is 3. The summed E-state index contributed by atoms with van der Waals surface area (Å²) in [4.78, 5) is 80.1. The number of pyridine rings is 2. The van der Waals surface area contributed by atoms with Gasteiger partial charge in [-0.15, -0.1) is 0 Å². The maximum Gasteiger partial charge on any atom is 0.247 e. The van der Waals surface area contributed by atoms with Crippen LogP contribution in [0.3, 0.4) is 0 Å². The average molecular weight is 1690 g/mol. The molecule has 7 N–H and O–H groups in total. The summed E-state index contributed by atoms with van der Waals surface area (Å²) in [7, 11) is 0. The quantitative estimate of drug-likeness (QED) is 0.0261. The van der Waals surface area contributed by atoms with Crippen molar-refractivity contribution in [1.82, 2.24) is 110 Å². The molecule has 15 aromatic rings. The van der Waals surface area contributed by atoms with E-state index in [1.807, 2.05) is 58.8 Å². The fourth-order valence-corrected chi connectivity index (χ4v) is 17.3. The second kappa shape index (κ2) is 37.4. The molecule has 624 valence electrons. The van der Waals surface area contributed by atoms with Gasteiger partial charge >= 0.3 is 0 Å². The molecular formula is C83H91F2N29O4S3. The van der Waals surface area contributed by atoms with Gasteiger partial charge in [-0.1, -0.05) is 39.0 Å². The van der Waals surface area contributed by atoms with Crippen molar-refractivity contribution in [2.75, 3.05) is 71.2 Å². The van der Waals surface area contributed by atoms with E-state index in [2.05, 4.69) is 139 Å². The fraction of sp³-hybridized carbons (Fsp3) is 0.337. The predicted octanol–water partition coefficient (Wildman–Crippen LogP) is 13.5. The average Bonchev–Trinajstić information content (AvgIpc) is 1.64. The molecule has 0 aliphatic carbocycles. The molecule has 3 unspecified atom stereocenters. The molecule has 3 saturated heterocycles. The minimum absolute atomic E-state index is 0.0267. The number of benzene rings is 1. The Morgan fingerprint density at radius 1 is 0.471 bits per heavy atom. The van der Waals surface area contributed by atoms with Crippen LogP contribution in [0.2, 0.25) is 0 Å². The first-order valence-electron chi connectivity index (χ1n) is 40.0. The van der Waals surface area contributed by atoms with Crippen LogP contribution in [0.25, 0.3) is 50.7 Å². The summed E-state index contributed by atoms with van der Waals surface area (Å²) in [5.74, 6) is 1.90. The van der Waals surface area contributed by atoms with Crippen molar-refractivity contribution < 1.29 is 28.3 Å². The highest BCUT2D eigenvalue weighted by molar-refractivity contribution is 7.10. The molecule has 18 rings (SSSR count). The molecule has 0 bridgehead atoms. The number of hydrogen-bond donors (Lipinski definition) is 7. The number of likely N-dealkylation sites (tertiary alicyclic amines) is 3. The van der Waals surface area contributed by atoms with E-state index in [4.69, 9.17) is 15.0 Å². The van der Waals surface area contributed by atoms with E-state index in [1.165, 1.54) is 113 Å². The Balaban J connectivity index is 0.000000135. The first-order valence-corrected chi connectivity index (χ1v) is 42.4. The van der Waals surface area contributed by atoms with Gasteiger partial charge < -0.3 is 37.0 Å². The number of piperidine rings is 3. The van der Waals surface area contributed by atoms with Crippen LogP contribution in [0.4, 0.5) is 58.4 Å². The van der Waals surface area contributed by atoms with Gasteiger partial charge in [0.25, 0.3) is 0 Å². The Kier molecular flexibility index (Phi) is 25.4. The van der Waals surface area contributed by atoms with E-state index >= 15 is 0 Å². The van der Waals surface area contributed by atoms with Crippen LogP contribution in [0, 0.1) is 50.4 Å². The van der Waals surface area contributed by atoms with Gasteiger partial charge in [0.2, 0.25) is 29.6 Å². The van der Waals surface area contributed by atoms with Crippen molar-refractivity contribution in [3.8, 4) is 33.8 Å². The van der Waals surface area contributed by atoms with Gasteiger partial charge in [-0.05, 0) is 191 Å². The zero-order valence-corrected chi connectivity index (χ0v) is 70.0. The molecule has 0 spiro atoms. The van der Waals surface area contributed by atoms with Crippen molar-refractivity contribution in [3.05, 3.63) is 205 Å². The number of anilines is 9. The largest absolute Gasteiger partial charge is 0.392 e. The van der Waals surface area contributed by atoms with Gasteiger partial charge in [0.05, 0.1) is 101 Å². The van der Waals surface area contributed by atoms with Crippen molar-refractivity contribution in [2.45, 2.75) is 126 Å². The monoisotopic (exact) mass is 1690 g/mol. The molecular weight excluding hydrogens is 1600 g/mol. The Morgan fingerprint density at radius 2 is 0.884 bits per heavy atom. The summed E-state index contributed by atoms with van der Waals surface area (Å²) in [6.07, 6.45) is 30.4. The lowest BCUT2D eigenvalue weighted by Crippen LogP contribution is -2.33. The summed E-state index contributed by atoms with van der Waals surface area (Å²) < 4.78 is 51.6. The van der Waals surface area contributed by atoms with Gasteiger partial charge in [-0.3, -0.25) is 56.3 Å². The second-order valence-electron chi connectivity index (χ2n) is 31.0. The number of rotatable bonds is 25. The molecule has 0 saturated carbocycles. The maximum absolute atomic E-state index is 13.8. The summed E-state index contributed by atoms with van der Waals surface area (Å²) in [6.45, 7) is 21.9. The van der Waals surface area contributed by atoms with Crippen LogP contribution < -0.4 is 31.9 Å². The molecule has 121 heavy (non-hydrogen) atoms. The molecule has 14 aromatic heterocycles. The number of amides is 3. The molecule has 38 heteroatoms. The van der Waals surface area contributed by atoms with E-state index < -0.39 is 17.8 Å². The Hall–Kier alpha value is -12.6. The molecule has 3 aliphatic heterocycles. The van der Waals surface area contributed by atoms with Crippen LogP contribution >= 0.6 is 34.6 Å². The number of nitrogens with zero attached hydrogens (tertiary/aromatic N) is 23. The maximum atomic E-state index is 13.8. The number of fused-ring (bicyclic) bond motifs is 3. The topological polar surface area (TPSA) is 362 Å². The number of aromatic nitrogens is 20. The molecule has 1 aromatic carbocycles. The van der Waals surface area contributed by atoms with Crippen molar-refractivity contribution in [3.63, 3.8) is 0 Å². The Morgan fingerprint density at radius 3 is 1.29 bits per heavy atom. The SMILES string of the molecule is Cc1cn2c(-c3cnn(CC(=O)Nc4cccc(CO)c4)c3)cnc2c(Nc2cc(CN3CCCC(C)C3)ns2)n1.Cc1cn2c(-c3cnn(CC(=O)Nc4cccc(F)n4)c3)cnc2c(Nc2cc(CN3CCCC(C)C3)ns2)n1.Cc1cn2c(-c3cnn(CC(=O)Nc4cccnc4F)c3)cnc2c(Nc2cc(CN3CCCC(C)C3)ns2)n1. The van der Waals surface area contributed by atoms with Gasteiger partial charge in [0.1, 0.15) is 40.5 Å². The van der Waals surface area contributed by atoms with Crippen LogP contribution in [-0.2, 0) is 60.3 Å². The lowest BCUT2D eigenvalue weighted by molar-refractivity contribution is -0.117. The number of aliphatic hydroxyl groups is 1. The molecule has 3 amide bonds. The summed E-state index contributed by atoms with van der Waals surface area (Å²) >= 11 is 4.27. The number of carbonyl (C=O) groups excluding carboxylic acids is 3. The number of hydrogen-bond acceptors (Lipinski definition) is 27. The highest BCUT2D eigenvalue weighted by Gasteiger charge is 2.25. The Labute approximate surface area is 706 Å². The third-order valence-electron chi connectivity index (χ3n) is 20.7. The number of nitrogens with one attached hydrogen (secondary N) is 6. The van der Waals surface area contributed by atoms with Gasteiger partial charge in [0.15, 0.2) is 34.4 Å². The molecule has 33 nitrogen and oxygen atoms in total. The number of carbonyl (C=O) groups is 3. The minimum atomic E-state index is -0.734. The van der Waals surface area contributed by atoms with E-state index in [0.717, 1.165) is 165 Å². The molecule has 17 heterocycles. The third kappa shape index (κ3) is 20.8. The Bertz CT molecular complexity index is 6160. The lowest BCUT2D eigenvalue weighted by Gasteiger charge is -2.30. The number of imidazole rings is 3. The second-order valence-corrected chi connectivity index (χ2v) is 33.5. The normalized spacial score (nSPS) is 15.9. The van der Waals surface area contributed by atoms with Gasteiger partial charge in [-0.2, -0.15) is 37.2 Å². The summed E-state index contributed by atoms with van der Waals surface area (Å²) in [5, 5.41) is 43.3. The zero-order valence-electron chi connectivity index (χ0n) is 67.5. The van der Waals surface area contributed by atoms with Crippen LogP contribution in [-0.4, -0.2) is 172 Å². The summed E-state index contributed by atoms with van der Waals surface area (Å²) in [6, 6.07) is 20.6. The first-order chi connectivity index (χ1) is 58.7. The molecule has 3 atom stereocenters. The minimum Gasteiger partial charge on any atom is -0.392 e.